The van der Waals surface area contributed by atoms with Crippen LogP contribution in [0.15, 0.2) is 78.9 Å². The molecule has 136 valence electrons. The molecule has 4 nitrogen and oxygen atoms in total. The van der Waals surface area contributed by atoms with E-state index in [0.717, 1.165) is 11.1 Å². The van der Waals surface area contributed by atoms with Gasteiger partial charge >= 0.3 is 0 Å². The predicted molar refractivity (Wildman–Crippen MR) is 108 cm³/mol. The molecule has 0 radical (unpaired) electrons. The van der Waals surface area contributed by atoms with Crippen molar-refractivity contribution in [2.45, 2.75) is 6.61 Å². The maximum absolute atomic E-state index is 12.3. The van der Waals surface area contributed by atoms with Crippen molar-refractivity contribution >= 4 is 17.5 Å². The summed E-state index contributed by atoms with van der Waals surface area (Å²) in [4.78, 5) is 12.3. The summed E-state index contributed by atoms with van der Waals surface area (Å²) in [5.41, 5.74) is 8.77. The molecule has 0 aliphatic rings. The summed E-state index contributed by atoms with van der Waals surface area (Å²) in [7, 11) is 1.59. The molecule has 0 fully saturated rings. The molecule has 4 heteroatoms. The standard InChI is InChI=1S/C23H21NO3/c1-26-23-14-17(10-12-21(25)19-8-5-9-20(24)15-19)11-13-22(23)27-16-18-6-3-2-4-7-18/h2-15H,16,24H2,1H3. The number of methoxy groups -OCH3 is 1. The Bertz CT molecular complexity index is 949. The second-order valence-corrected chi connectivity index (χ2v) is 6.01. The van der Waals surface area contributed by atoms with Gasteiger partial charge in [0.15, 0.2) is 17.3 Å². The van der Waals surface area contributed by atoms with E-state index in [1.54, 1.807) is 37.5 Å². The van der Waals surface area contributed by atoms with E-state index in [4.69, 9.17) is 15.2 Å². The zero-order valence-electron chi connectivity index (χ0n) is 15.1. The van der Waals surface area contributed by atoms with Crippen LogP contribution < -0.4 is 15.2 Å². The first kappa shape index (κ1) is 18.3. The van der Waals surface area contributed by atoms with E-state index in [0.29, 0.717) is 29.4 Å². The Hall–Kier alpha value is -3.53. The van der Waals surface area contributed by atoms with Gasteiger partial charge < -0.3 is 15.2 Å². The number of carbonyl (C=O) groups excluding carboxylic acids is 1. The van der Waals surface area contributed by atoms with Crippen LogP contribution in [-0.2, 0) is 6.61 Å². The van der Waals surface area contributed by atoms with Crippen LogP contribution in [0.2, 0.25) is 0 Å². The van der Waals surface area contributed by atoms with Gasteiger partial charge in [0.25, 0.3) is 0 Å². The highest BCUT2D eigenvalue weighted by Gasteiger charge is 2.06. The first-order chi connectivity index (χ1) is 13.2. The number of ether oxygens (including phenoxy) is 2. The van der Waals surface area contributed by atoms with Crippen molar-refractivity contribution in [1.82, 2.24) is 0 Å². The molecule has 0 aromatic heterocycles. The van der Waals surface area contributed by atoms with Crippen molar-refractivity contribution in [3.63, 3.8) is 0 Å². The van der Waals surface area contributed by atoms with Crippen molar-refractivity contribution in [2.75, 3.05) is 12.8 Å². The second kappa shape index (κ2) is 8.72. The van der Waals surface area contributed by atoms with Crippen LogP contribution in [0.5, 0.6) is 11.5 Å². The number of hydrogen-bond donors (Lipinski definition) is 1. The fraction of sp³-hybridized carbons (Fsp3) is 0.0870. The summed E-state index contributed by atoms with van der Waals surface area (Å²) in [5.74, 6) is 1.16. The molecule has 27 heavy (non-hydrogen) atoms. The Morgan fingerprint density at radius 1 is 0.963 bits per heavy atom. The minimum Gasteiger partial charge on any atom is -0.493 e. The largest absolute Gasteiger partial charge is 0.493 e. The molecule has 0 saturated heterocycles. The summed E-state index contributed by atoms with van der Waals surface area (Å²) in [6.45, 7) is 0.459. The SMILES string of the molecule is COc1cc(C=CC(=O)c2cccc(N)c2)ccc1OCc1ccccc1. The molecule has 2 N–H and O–H groups in total. The third-order valence-electron chi connectivity index (χ3n) is 4.02. The lowest BCUT2D eigenvalue weighted by Gasteiger charge is -2.11. The fourth-order valence-corrected chi connectivity index (χ4v) is 2.60. The summed E-state index contributed by atoms with van der Waals surface area (Å²) in [5, 5.41) is 0. The van der Waals surface area contributed by atoms with Crippen LogP contribution in [0, 0.1) is 0 Å². The summed E-state index contributed by atoms with van der Waals surface area (Å²) in [6, 6.07) is 22.4. The first-order valence-corrected chi connectivity index (χ1v) is 8.58. The Morgan fingerprint density at radius 2 is 1.78 bits per heavy atom. The van der Waals surface area contributed by atoms with E-state index >= 15 is 0 Å². The minimum absolute atomic E-state index is 0.106. The van der Waals surface area contributed by atoms with E-state index in [9.17, 15) is 4.79 Å². The van der Waals surface area contributed by atoms with Crippen LogP contribution in [-0.4, -0.2) is 12.9 Å². The van der Waals surface area contributed by atoms with Gasteiger partial charge in [0.05, 0.1) is 7.11 Å². The van der Waals surface area contributed by atoms with Gasteiger partial charge in [0.1, 0.15) is 6.61 Å². The highest BCUT2D eigenvalue weighted by Crippen LogP contribution is 2.29. The maximum atomic E-state index is 12.3. The molecule has 3 aromatic rings. The molecule has 0 saturated carbocycles. The van der Waals surface area contributed by atoms with Crippen LogP contribution >= 0.6 is 0 Å². The lowest BCUT2D eigenvalue weighted by Crippen LogP contribution is -1.98. The molecule has 0 unspecified atom stereocenters. The van der Waals surface area contributed by atoms with E-state index in [1.165, 1.54) is 6.08 Å². The highest BCUT2D eigenvalue weighted by molar-refractivity contribution is 6.07. The van der Waals surface area contributed by atoms with Crippen molar-refractivity contribution in [2.24, 2.45) is 0 Å². The normalized spacial score (nSPS) is 10.7. The van der Waals surface area contributed by atoms with E-state index in [-0.39, 0.29) is 5.78 Å². The van der Waals surface area contributed by atoms with Crippen molar-refractivity contribution in [1.29, 1.82) is 0 Å². The molecule has 0 spiro atoms. The molecular formula is C23H21NO3. The zero-order valence-corrected chi connectivity index (χ0v) is 15.1. The van der Waals surface area contributed by atoms with Gasteiger partial charge in [-0.25, -0.2) is 0 Å². The molecule has 3 rings (SSSR count). The number of benzene rings is 3. The van der Waals surface area contributed by atoms with Crippen LogP contribution in [0.25, 0.3) is 6.08 Å². The van der Waals surface area contributed by atoms with E-state index in [1.807, 2.05) is 48.5 Å². The van der Waals surface area contributed by atoms with Gasteiger partial charge in [-0.1, -0.05) is 54.6 Å². The number of nitrogens with two attached hydrogens (primary N) is 1. The number of allylic oxidation sites excluding steroid dienone is 1. The Balaban J connectivity index is 1.70. The van der Waals surface area contributed by atoms with Crippen LogP contribution in [0.1, 0.15) is 21.5 Å². The van der Waals surface area contributed by atoms with Crippen LogP contribution in [0.3, 0.4) is 0 Å². The second-order valence-electron chi connectivity index (χ2n) is 6.01. The fourth-order valence-electron chi connectivity index (χ4n) is 2.60. The number of ketones is 1. The molecular weight excluding hydrogens is 338 g/mol. The molecule has 3 aromatic carbocycles. The minimum atomic E-state index is -0.106. The van der Waals surface area contributed by atoms with Gasteiger partial charge in [-0.05, 0) is 41.5 Å². The number of carbonyl (C=O) groups is 1. The summed E-state index contributed by atoms with van der Waals surface area (Å²) >= 11 is 0. The Labute approximate surface area is 158 Å². The van der Waals surface area contributed by atoms with Crippen molar-refractivity contribution < 1.29 is 14.3 Å². The number of rotatable bonds is 7. The third kappa shape index (κ3) is 4.98. The molecule has 0 aliphatic carbocycles. The van der Waals surface area contributed by atoms with E-state index < -0.39 is 0 Å². The Morgan fingerprint density at radius 3 is 2.52 bits per heavy atom. The predicted octanol–water partition coefficient (Wildman–Crippen LogP) is 4.75. The van der Waals surface area contributed by atoms with Gasteiger partial charge in [0.2, 0.25) is 0 Å². The summed E-state index contributed by atoms with van der Waals surface area (Å²) in [6.07, 6.45) is 3.27. The monoisotopic (exact) mass is 359 g/mol. The lowest BCUT2D eigenvalue weighted by molar-refractivity contribution is 0.104. The van der Waals surface area contributed by atoms with Gasteiger partial charge in [-0.3, -0.25) is 4.79 Å². The third-order valence-corrected chi connectivity index (χ3v) is 4.02. The molecule has 0 atom stereocenters. The zero-order chi connectivity index (χ0) is 19.1. The van der Waals surface area contributed by atoms with Crippen molar-refractivity contribution in [3.8, 4) is 11.5 Å². The number of nitrogen functional groups attached to an aromatic ring is 1. The van der Waals surface area contributed by atoms with Gasteiger partial charge in [-0.2, -0.15) is 0 Å². The highest BCUT2D eigenvalue weighted by atomic mass is 16.5. The quantitative estimate of drug-likeness (QED) is 0.376. The Kier molecular flexibility index (Phi) is 5.90. The average molecular weight is 359 g/mol. The molecule has 0 bridgehead atoms. The maximum Gasteiger partial charge on any atom is 0.185 e. The average Bonchev–Trinajstić information content (AvgIpc) is 2.71. The summed E-state index contributed by atoms with van der Waals surface area (Å²) < 4.78 is 11.3. The van der Waals surface area contributed by atoms with E-state index in [2.05, 4.69) is 0 Å². The topological polar surface area (TPSA) is 61.5 Å². The van der Waals surface area contributed by atoms with Gasteiger partial charge in [-0.15, -0.1) is 0 Å². The number of anilines is 1. The van der Waals surface area contributed by atoms with Crippen LogP contribution in [0.4, 0.5) is 5.69 Å². The number of hydrogen-bond acceptors (Lipinski definition) is 4. The molecule has 0 amide bonds. The first-order valence-electron chi connectivity index (χ1n) is 8.58. The van der Waals surface area contributed by atoms with Gasteiger partial charge in [0, 0.05) is 11.3 Å². The smallest absolute Gasteiger partial charge is 0.185 e. The molecule has 0 heterocycles. The lowest BCUT2D eigenvalue weighted by atomic mass is 10.1. The van der Waals surface area contributed by atoms with Crippen molar-refractivity contribution in [3.05, 3.63) is 95.6 Å². The molecule has 0 aliphatic heterocycles.